The van der Waals surface area contributed by atoms with E-state index in [0.29, 0.717) is 36.2 Å². The van der Waals surface area contributed by atoms with Crippen molar-refractivity contribution >= 4 is 28.2 Å². The molecule has 7 heteroatoms. The Labute approximate surface area is 150 Å². The predicted molar refractivity (Wildman–Crippen MR) is 95.0 cm³/mol. The van der Waals surface area contributed by atoms with Gasteiger partial charge < -0.3 is 19.4 Å². The van der Waals surface area contributed by atoms with Crippen molar-refractivity contribution in [1.82, 2.24) is 0 Å². The lowest BCUT2D eigenvalue weighted by Gasteiger charge is -2.13. The third-order valence-corrected chi connectivity index (χ3v) is 5.00. The second-order valence-electron chi connectivity index (χ2n) is 6.33. The molecule has 1 unspecified atom stereocenters. The molecule has 0 aliphatic heterocycles. The number of quaternary nitrogens is 1. The van der Waals surface area contributed by atoms with E-state index >= 15 is 0 Å². The van der Waals surface area contributed by atoms with Crippen molar-refractivity contribution in [2.75, 3.05) is 25.5 Å². The smallest absolute Gasteiger partial charge is 0.341 e. The lowest BCUT2D eigenvalue weighted by Crippen LogP contribution is -3.08. The van der Waals surface area contributed by atoms with Gasteiger partial charge in [0.15, 0.2) is 12.3 Å². The number of carbonyl (C=O) groups is 2. The topological polar surface area (TPSA) is 73.0 Å². The summed E-state index contributed by atoms with van der Waals surface area (Å²) in [5.41, 5.74) is 1.54. The molecule has 1 fully saturated rings. The summed E-state index contributed by atoms with van der Waals surface area (Å²) in [4.78, 5) is 25.7. The van der Waals surface area contributed by atoms with E-state index in [2.05, 4.69) is 5.32 Å². The molecule has 1 aliphatic rings. The van der Waals surface area contributed by atoms with Gasteiger partial charge in [-0.2, -0.15) is 0 Å². The van der Waals surface area contributed by atoms with Crippen LogP contribution in [0.2, 0.25) is 0 Å². The average molecular weight is 363 g/mol. The molecule has 2 aromatic heterocycles. The minimum absolute atomic E-state index is 0.126. The SMILES string of the molecule is CCOC(=O)c1c(C2CC2)csc1NC(=O)C[NH+](C)Cc1ccco1. The van der Waals surface area contributed by atoms with E-state index in [-0.39, 0.29) is 11.9 Å². The number of amides is 1. The fraction of sp³-hybridized carbons (Fsp3) is 0.444. The fourth-order valence-corrected chi connectivity index (χ4v) is 3.84. The minimum Gasteiger partial charge on any atom is -0.463 e. The number of rotatable bonds is 8. The van der Waals surface area contributed by atoms with Gasteiger partial charge in [-0.1, -0.05) is 0 Å². The van der Waals surface area contributed by atoms with Crippen molar-refractivity contribution in [3.8, 4) is 0 Å². The standard InChI is InChI=1S/C18H22N2O4S/c1-3-23-18(22)16-14(12-6-7-12)11-25-17(16)19-15(21)10-20(2)9-13-5-4-8-24-13/h4-5,8,11-12H,3,6-7,9-10H2,1-2H3,(H,19,21)/p+1. The maximum absolute atomic E-state index is 12.4. The Kier molecular flexibility index (Phi) is 5.55. The number of hydrogen-bond acceptors (Lipinski definition) is 5. The van der Waals surface area contributed by atoms with Gasteiger partial charge in [-0.3, -0.25) is 4.79 Å². The van der Waals surface area contributed by atoms with E-state index in [0.717, 1.165) is 29.1 Å². The second kappa shape index (κ2) is 7.84. The van der Waals surface area contributed by atoms with Crippen LogP contribution in [0.25, 0.3) is 0 Å². The first kappa shape index (κ1) is 17.7. The minimum atomic E-state index is -0.350. The molecule has 1 atom stereocenters. The molecule has 3 rings (SSSR count). The maximum Gasteiger partial charge on any atom is 0.341 e. The van der Waals surface area contributed by atoms with Gasteiger partial charge in [0.1, 0.15) is 11.5 Å². The molecule has 0 saturated heterocycles. The molecule has 0 bridgehead atoms. The van der Waals surface area contributed by atoms with Crippen LogP contribution in [-0.4, -0.2) is 32.1 Å². The highest BCUT2D eigenvalue weighted by Gasteiger charge is 2.32. The van der Waals surface area contributed by atoms with E-state index in [9.17, 15) is 9.59 Å². The van der Waals surface area contributed by atoms with E-state index in [1.165, 1.54) is 11.3 Å². The summed E-state index contributed by atoms with van der Waals surface area (Å²) in [7, 11) is 1.93. The highest BCUT2D eigenvalue weighted by Crippen LogP contribution is 2.46. The number of thiophene rings is 1. The number of carbonyl (C=O) groups excluding carboxylic acids is 2. The van der Waals surface area contributed by atoms with Gasteiger partial charge >= 0.3 is 5.97 Å². The average Bonchev–Trinajstić information content (AvgIpc) is 3.12. The van der Waals surface area contributed by atoms with Gasteiger partial charge in [-0.25, -0.2) is 4.79 Å². The second-order valence-corrected chi connectivity index (χ2v) is 7.21. The number of furan rings is 1. The van der Waals surface area contributed by atoms with Crippen LogP contribution in [0, 0.1) is 0 Å². The summed E-state index contributed by atoms with van der Waals surface area (Å²) < 4.78 is 10.5. The Hall–Kier alpha value is -2.12. The summed E-state index contributed by atoms with van der Waals surface area (Å²) in [6.45, 7) is 3.02. The van der Waals surface area contributed by atoms with Gasteiger partial charge in [0, 0.05) is 0 Å². The van der Waals surface area contributed by atoms with Gasteiger partial charge in [0.2, 0.25) is 0 Å². The number of nitrogens with one attached hydrogen (secondary N) is 2. The van der Waals surface area contributed by atoms with Crippen LogP contribution in [0.5, 0.6) is 0 Å². The van der Waals surface area contributed by atoms with Crippen LogP contribution >= 0.6 is 11.3 Å². The third kappa shape index (κ3) is 4.49. The van der Waals surface area contributed by atoms with Crippen LogP contribution in [0.3, 0.4) is 0 Å². The molecule has 6 nitrogen and oxygen atoms in total. The summed E-state index contributed by atoms with van der Waals surface area (Å²) >= 11 is 1.40. The lowest BCUT2D eigenvalue weighted by molar-refractivity contribution is -0.886. The highest BCUT2D eigenvalue weighted by atomic mass is 32.1. The Bertz CT molecular complexity index is 734. The molecule has 134 valence electrons. The Morgan fingerprint density at radius 3 is 2.88 bits per heavy atom. The highest BCUT2D eigenvalue weighted by molar-refractivity contribution is 7.15. The van der Waals surface area contributed by atoms with Crippen LogP contribution in [-0.2, 0) is 16.1 Å². The first-order valence-electron chi connectivity index (χ1n) is 8.50. The normalized spacial score (nSPS) is 15.0. The van der Waals surface area contributed by atoms with Crippen LogP contribution < -0.4 is 10.2 Å². The Morgan fingerprint density at radius 2 is 2.24 bits per heavy atom. The van der Waals surface area contributed by atoms with Gasteiger partial charge in [0.25, 0.3) is 5.91 Å². The molecular weight excluding hydrogens is 340 g/mol. The zero-order chi connectivity index (χ0) is 17.8. The molecule has 25 heavy (non-hydrogen) atoms. The fourth-order valence-electron chi connectivity index (χ4n) is 2.79. The lowest BCUT2D eigenvalue weighted by atomic mass is 10.1. The zero-order valence-electron chi connectivity index (χ0n) is 14.5. The predicted octanol–water partition coefficient (Wildman–Crippen LogP) is 2.05. The number of ether oxygens (including phenoxy) is 1. The largest absolute Gasteiger partial charge is 0.463 e. The van der Waals surface area contributed by atoms with Crippen molar-refractivity contribution in [1.29, 1.82) is 0 Å². The monoisotopic (exact) mass is 363 g/mol. The molecule has 0 radical (unpaired) electrons. The van der Waals surface area contributed by atoms with Gasteiger partial charge in [-0.05, 0) is 48.8 Å². The first-order valence-corrected chi connectivity index (χ1v) is 9.38. The summed E-state index contributed by atoms with van der Waals surface area (Å²) in [5.74, 6) is 0.786. The van der Waals surface area contributed by atoms with Crippen LogP contribution in [0.15, 0.2) is 28.2 Å². The van der Waals surface area contributed by atoms with E-state index in [4.69, 9.17) is 9.15 Å². The maximum atomic E-state index is 12.4. The third-order valence-electron chi connectivity index (χ3n) is 4.09. The summed E-state index contributed by atoms with van der Waals surface area (Å²) in [6.07, 6.45) is 3.80. The molecule has 1 aliphatic carbocycles. The van der Waals surface area contributed by atoms with Gasteiger partial charge in [-0.15, -0.1) is 11.3 Å². The number of anilines is 1. The molecule has 0 spiro atoms. The molecule has 2 aromatic rings. The van der Waals surface area contributed by atoms with E-state index < -0.39 is 0 Å². The van der Waals surface area contributed by atoms with Crippen molar-refractivity contribution in [2.45, 2.75) is 32.2 Å². The zero-order valence-corrected chi connectivity index (χ0v) is 15.3. The number of esters is 1. The molecule has 0 aromatic carbocycles. The number of likely N-dealkylation sites (N-methyl/N-ethyl adjacent to an activating group) is 1. The van der Waals surface area contributed by atoms with Crippen LogP contribution in [0.1, 0.15) is 47.4 Å². The Morgan fingerprint density at radius 1 is 1.44 bits per heavy atom. The van der Waals surface area contributed by atoms with E-state index in [1.54, 1.807) is 13.2 Å². The van der Waals surface area contributed by atoms with E-state index in [1.807, 2.05) is 24.6 Å². The molecule has 2 heterocycles. The quantitative estimate of drug-likeness (QED) is 0.704. The summed E-state index contributed by atoms with van der Waals surface area (Å²) in [5, 5.41) is 5.46. The van der Waals surface area contributed by atoms with Crippen molar-refractivity contribution in [2.24, 2.45) is 0 Å². The summed E-state index contributed by atoms with van der Waals surface area (Å²) in [6, 6.07) is 3.72. The van der Waals surface area contributed by atoms with Crippen molar-refractivity contribution < 1.29 is 23.6 Å². The molecule has 1 saturated carbocycles. The Balaban J connectivity index is 1.65. The van der Waals surface area contributed by atoms with Gasteiger partial charge in [0.05, 0.1) is 25.5 Å². The van der Waals surface area contributed by atoms with Crippen LogP contribution in [0.4, 0.5) is 5.00 Å². The molecule has 2 N–H and O–H groups in total. The van der Waals surface area contributed by atoms with Crippen molar-refractivity contribution in [3.05, 3.63) is 40.7 Å². The molecular formula is C18H23N2O4S+. The first-order chi connectivity index (χ1) is 12.1. The van der Waals surface area contributed by atoms with Crippen molar-refractivity contribution in [3.63, 3.8) is 0 Å². The molecule has 1 amide bonds. The number of hydrogen-bond donors (Lipinski definition) is 2.